The average Bonchev–Trinajstić information content (AvgIpc) is 1.63. The number of halogens is 5. The molecule has 5 amide bonds. The van der Waals surface area contributed by atoms with E-state index in [1.807, 2.05) is 62.5 Å². The number of sulfonamides is 2. The number of benzene rings is 6. The summed E-state index contributed by atoms with van der Waals surface area (Å²) in [4.78, 5) is 96.6. The molecule has 2 unspecified atom stereocenters. The van der Waals surface area contributed by atoms with Crippen LogP contribution in [-0.2, 0) is 85.1 Å². The summed E-state index contributed by atoms with van der Waals surface area (Å²) in [6.07, 6.45) is 11.2. The van der Waals surface area contributed by atoms with Crippen LogP contribution >= 0.6 is 56.9 Å². The van der Waals surface area contributed by atoms with Gasteiger partial charge in [-0.15, -0.1) is 44.2 Å². The topological polar surface area (TPSA) is 435 Å². The van der Waals surface area contributed by atoms with E-state index in [1.165, 1.54) is 118 Å². The minimum absolute atomic E-state index is 0. The molecular formula is C90H114ClF4N19O14S8-2. The fourth-order valence-corrected chi connectivity index (χ4v) is 22.6. The SMILES string of the molecule is CC(C)(C)OC(=O)NCC1CCN([C@H]2CCN(c3ccc(S(=O)[O-])cc3)C2=O)CC1.Nc1nccs1.Nc1nnc(C(F)(F)F)s1.O=C1[C@@H](N2CCC(c3ccc(F)cc3)CC2)CCN1c1ccc(S(=O)(=O)Nc2nccs2)cc1.O=C1[C@@H](N2CCCc3cc(Cl)ccc32)CCN1c1ccc(S(=O)[O-])cc1.O=C1[C@@H](N2CCc3cccnc32)CCN1c1ccc(S(=O)(=O)Nc2nccs2)cc1.[HH].[HH].[HH].[HH].[HH].[HH].[HH].[HH]. The van der Waals surface area contributed by atoms with E-state index >= 15 is 0 Å². The zero-order valence-corrected chi connectivity index (χ0v) is 81.1. The Labute approximate surface area is 821 Å². The molecular weight excluding hydrogens is 1940 g/mol. The lowest BCUT2D eigenvalue weighted by atomic mass is 9.89. The molecule has 0 bridgehead atoms. The molecule has 33 nitrogen and oxygen atoms in total. The van der Waals surface area contributed by atoms with E-state index in [1.54, 1.807) is 91.3 Å². The molecule has 0 aliphatic carbocycles. The molecule has 0 spiro atoms. The average molecular weight is 2050 g/mol. The molecule has 5 aromatic heterocycles. The number of alkyl carbamates (subject to hydrolysis) is 1. The lowest BCUT2D eigenvalue weighted by molar-refractivity contribution is -0.138. The highest BCUT2D eigenvalue weighted by Gasteiger charge is 2.44. The number of nitrogens with two attached hydrogens (primary N) is 2. The zero-order chi connectivity index (χ0) is 96.8. The summed E-state index contributed by atoms with van der Waals surface area (Å²) in [6.45, 7) is 13.5. The summed E-state index contributed by atoms with van der Waals surface area (Å²) in [5.74, 6) is 1.63. The van der Waals surface area contributed by atoms with Gasteiger partial charge in [-0.25, -0.2) is 46.0 Å². The number of thiazole rings is 3. The quantitative estimate of drug-likeness (QED) is 0.0371. The number of amides is 5. The van der Waals surface area contributed by atoms with Crippen molar-refractivity contribution < 1.29 is 92.0 Å². The Balaban J connectivity index is 0.000000274. The van der Waals surface area contributed by atoms with Crippen molar-refractivity contribution in [3.8, 4) is 0 Å². The van der Waals surface area contributed by atoms with E-state index in [-0.39, 0.29) is 89.7 Å². The molecule has 7 N–H and O–H groups in total. The molecule has 8 aliphatic rings. The van der Waals surface area contributed by atoms with Crippen LogP contribution < -0.4 is 55.6 Å². The highest BCUT2D eigenvalue weighted by molar-refractivity contribution is 7.93. The van der Waals surface area contributed by atoms with Gasteiger partial charge in [-0.1, -0.05) is 41.1 Å². The van der Waals surface area contributed by atoms with Crippen molar-refractivity contribution in [2.24, 2.45) is 5.92 Å². The minimum Gasteiger partial charge on any atom is -0.768 e. The first-order valence-electron chi connectivity index (χ1n) is 43.5. The highest BCUT2D eigenvalue weighted by Crippen LogP contribution is 2.40. The van der Waals surface area contributed by atoms with Crippen molar-refractivity contribution in [2.45, 2.75) is 153 Å². The number of alkyl halides is 3. The number of ether oxygens (including phenoxy) is 1. The summed E-state index contributed by atoms with van der Waals surface area (Å²) >= 11 is 5.78. The molecule has 738 valence electrons. The van der Waals surface area contributed by atoms with Gasteiger partial charge in [0.05, 0.1) is 21.9 Å². The van der Waals surface area contributed by atoms with Crippen LogP contribution in [0.5, 0.6) is 0 Å². The number of piperidine rings is 2. The summed E-state index contributed by atoms with van der Waals surface area (Å²) in [6, 6.07) is 41.4. The predicted molar refractivity (Wildman–Crippen MR) is 533 cm³/mol. The summed E-state index contributed by atoms with van der Waals surface area (Å²) in [7, 11) is -7.45. The first kappa shape index (κ1) is 101. The number of carbonyl (C=O) groups excluding carboxylic acids is 5. The van der Waals surface area contributed by atoms with Crippen molar-refractivity contribution in [2.75, 3.05) is 122 Å². The second-order valence-electron chi connectivity index (χ2n) is 33.5. The Bertz CT molecular complexity index is 6260. The third-order valence-corrected chi connectivity index (χ3v) is 31.1. The van der Waals surface area contributed by atoms with Crippen LogP contribution in [0.1, 0.15) is 118 Å². The third-order valence-electron chi connectivity index (χ3n) is 23.8. The maximum Gasteiger partial charge on any atom is 0.445 e. The minimum atomic E-state index is -4.42. The van der Waals surface area contributed by atoms with E-state index < -0.39 is 65.1 Å². The monoisotopic (exact) mass is 2050 g/mol. The molecule has 0 radical (unpaired) electrons. The van der Waals surface area contributed by atoms with Gasteiger partial charge in [0.2, 0.25) is 33.8 Å². The smallest absolute Gasteiger partial charge is 0.445 e. The standard InChI is InChI=1S/C24H25FN4O3S2.C21H31N3O5S.C20H19N5O3S2.C19H19ClN2O3S.C3H2F3N3S.C3H4N2S.8H2/c25-19-3-1-17(2-4-19)18-9-13-28(14-10-18)22-11-15-29(23(22)30)20-5-7-21(8-6-20)34(31,32)27-24-26-12-16-33-24;1-21(2,3)29-20(26)22-14-15-8-11-23(12-9-15)18-10-13-24(19(18)25)16-4-6-17(7-5-16)30(27)28;26-19-17(25-11-7-14-2-1-9-21-18(14)25)8-12-24(19)15-3-5-16(6-4-15)30(27,28)23-20-22-10-13-29-20;20-14-3-8-17-13(12-14)2-1-10-22(17)18-9-11-21(19(18)23)15-4-6-16(7-5-15)26(24)25;4-3(5,6)1-8-9-2(7)10-1;4-3-5-1-2-6-3;;;;;;;;/h1-8,12,16,18,22H,9-11,13-15H2,(H,26,27);4-7,15,18H,8-14H2,1-3H3,(H,22,26)(H,27,28);1-6,9-10,13,17H,7-8,11-12H2,(H,22,23);3-8,12,18H,1-2,9-11H2,(H,24,25);(H2,7,9);1-2H,(H2,4,5);8*1H/p-2/t22-;18-;17-;18-;;;;;;;;;;/m0000........../s1. The molecule has 8 aliphatic heterocycles. The Morgan fingerprint density at radius 2 is 0.993 bits per heavy atom. The van der Waals surface area contributed by atoms with Crippen LogP contribution in [-0.4, -0.2) is 206 Å². The maximum atomic E-state index is 13.2. The van der Waals surface area contributed by atoms with Crippen molar-refractivity contribution in [1.29, 1.82) is 0 Å². The van der Waals surface area contributed by atoms with E-state index in [2.05, 4.69) is 70.6 Å². The van der Waals surface area contributed by atoms with Crippen molar-refractivity contribution in [1.82, 2.24) is 45.2 Å². The van der Waals surface area contributed by atoms with Gasteiger partial charge in [0.15, 0.2) is 15.4 Å². The normalized spacial score (nSPS) is 19.3. The van der Waals surface area contributed by atoms with Gasteiger partial charge in [0, 0.05) is 141 Å². The first-order chi connectivity index (χ1) is 65.0. The fraction of sp³-hybridized carbons (Fsp3) is 0.367. The number of pyridine rings is 1. The zero-order valence-electron chi connectivity index (χ0n) is 73.8. The number of nitrogen functional groups attached to an aromatic ring is 2. The molecule has 6 atom stereocenters. The van der Waals surface area contributed by atoms with E-state index in [0.29, 0.717) is 89.1 Å². The number of hydrogen-bond donors (Lipinski definition) is 5. The molecule has 46 heteroatoms. The Morgan fingerprint density at radius 3 is 1.42 bits per heavy atom. The third kappa shape index (κ3) is 25.8. The molecule has 136 heavy (non-hydrogen) atoms. The molecule has 6 aromatic carbocycles. The van der Waals surface area contributed by atoms with Crippen molar-refractivity contribution >= 4 is 184 Å². The van der Waals surface area contributed by atoms with Gasteiger partial charge in [-0.3, -0.25) is 46.8 Å². The van der Waals surface area contributed by atoms with Crippen LogP contribution in [0, 0.1) is 11.7 Å². The number of aromatic nitrogens is 6. The number of hydrogen-bond acceptors (Lipinski definition) is 30. The second-order valence-corrected chi connectivity index (χ2v) is 43.0. The number of nitrogens with zero attached hydrogens (tertiary/aromatic N) is 14. The number of nitrogens with one attached hydrogen (secondary N) is 3. The lowest BCUT2D eigenvalue weighted by Crippen LogP contribution is -2.47. The fourth-order valence-electron chi connectivity index (χ4n) is 17.2. The number of likely N-dealkylation sites (tertiary alicyclic amines) is 2. The largest absolute Gasteiger partial charge is 0.768 e. The van der Waals surface area contributed by atoms with E-state index in [0.717, 1.165) is 137 Å². The summed E-state index contributed by atoms with van der Waals surface area (Å²) in [5, 5.41) is 14.7. The predicted octanol–water partition coefficient (Wildman–Crippen LogP) is 15.8. The molecule has 19 rings (SSSR count). The molecule has 6 fully saturated rings. The summed E-state index contributed by atoms with van der Waals surface area (Å²) in [5.41, 5.74) is 17.1. The van der Waals surface area contributed by atoms with Crippen LogP contribution in [0.4, 0.5) is 77.1 Å². The van der Waals surface area contributed by atoms with Crippen molar-refractivity contribution in [3.63, 3.8) is 0 Å². The molecule has 13 heterocycles. The van der Waals surface area contributed by atoms with Crippen LogP contribution in [0.2, 0.25) is 5.02 Å². The van der Waals surface area contributed by atoms with Gasteiger partial charge in [-0.05, 0) is 302 Å². The lowest BCUT2D eigenvalue weighted by Gasteiger charge is -2.35. The number of fused-ring (bicyclic) bond motifs is 2. The van der Waals surface area contributed by atoms with Gasteiger partial charge < -0.3 is 60.0 Å². The Hall–Kier alpha value is -11.1. The number of anilines is 10. The molecule has 6 saturated heterocycles. The Kier molecular flexibility index (Phi) is 33.4. The van der Waals surface area contributed by atoms with Gasteiger partial charge in [0.25, 0.3) is 20.0 Å². The molecule has 0 saturated carbocycles. The highest BCUT2D eigenvalue weighted by atomic mass is 35.5. The van der Waals surface area contributed by atoms with E-state index in [4.69, 9.17) is 27.8 Å². The van der Waals surface area contributed by atoms with E-state index in [9.17, 15) is 75.9 Å². The maximum absolute atomic E-state index is 13.2. The van der Waals surface area contributed by atoms with Gasteiger partial charge >= 0.3 is 12.3 Å². The number of rotatable bonds is 19. The van der Waals surface area contributed by atoms with Gasteiger partial charge in [-0.2, -0.15) is 13.2 Å². The first-order valence-corrected chi connectivity index (χ1v) is 52.4. The van der Waals surface area contributed by atoms with Gasteiger partial charge in [0.1, 0.15) is 29.3 Å². The van der Waals surface area contributed by atoms with Crippen molar-refractivity contribution in [3.05, 3.63) is 225 Å². The van der Waals surface area contributed by atoms with Crippen LogP contribution in [0.3, 0.4) is 0 Å². The van der Waals surface area contributed by atoms with Crippen LogP contribution in [0.25, 0.3) is 0 Å². The number of carbonyl (C=O) groups is 5. The second kappa shape index (κ2) is 45.0. The number of aryl methyl sites for hydroxylation is 1. The summed E-state index contributed by atoms with van der Waals surface area (Å²) < 4.78 is 152. The molecule has 11 aromatic rings. The van der Waals surface area contributed by atoms with Crippen LogP contribution in [0.15, 0.2) is 212 Å². The Morgan fingerprint density at radius 1 is 0.529 bits per heavy atom.